The molecule has 11 aromatic carbocycles. The van der Waals surface area contributed by atoms with Gasteiger partial charge in [0.25, 0.3) is 0 Å². The summed E-state index contributed by atoms with van der Waals surface area (Å²) in [6.07, 6.45) is 0. The van der Waals surface area contributed by atoms with Crippen LogP contribution in [0.25, 0.3) is 109 Å². The Kier molecular flexibility index (Phi) is 6.46. The van der Waals surface area contributed by atoms with E-state index in [-0.39, 0.29) is 29.7 Å². The van der Waals surface area contributed by atoms with E-state index in [2.05, 4.69) is 152 Å². The van der Waals surface area contributed by atoms with Crippen LogP contribution in [-0.4, -0.2) is 0 Å². The molecule has 0 unspecified atom stereocenters. The van der Waals surface area contributed by atoms with Crippen molar-refractivity contribution in [1.82, 2.24) is 0 Å². The van der Waals surface area contributed by atoms with Gasteiger partial charge in [0.1, 0.15) is 0 Å². The van der Waals surface area contributed by atoms with Gasteiger partial charge in [-0.25, -0.2) is 0 Å². The number of hydrogen-bond donors (Lipinski definition) is 0. The molecule has 0 aliphatic carbocycles. The van der Waals surface area contributed by atoms with Crippen LogP contribution in [0.5, 0.6) is 0 Å². The highest BCUT2D eigenvalue weighted by atomic mass is 14.2. The van der Waals surface area contributed by atoms with Gasteiger partial charge >= 0.3 is 0 Å². The Hall–Kier alpha value is -7.28. The molecular weight excluding hydrogens is 673 g/mol. The van der Waals surface area contributed by atoms with Crippen LogP contribution in [0.4, 0.5) is 0 Å². The SMILES string of the molecule is [2H]c1c([2H])c([2H])c(-c2c3ccccc3c(-c3ccc(-c4ccc(-c5cc6c7ccccc7ccc6c6ccccc56)cc4)cc3)c3ccc(-c4ccccc4)cc23)c([2H])c1[2H]. The molecule has 56 heavy (non-hydrogen) atoms. The average Bonchev–Trinajstić information content (AvgIpc) is 3.32. The maximum atomic E-state index is 9.05. The maximum absolute atomic E-state index is 9.05. The van der Waals surface area contributed by atoms with E-state index in [0.717, 1.165) is 54.9 Å². The molecule has 0 saturated carbocycles. The van der Waals surface area contributed by atoms with E-state index in [1.165, 1.54) is 43.4 Å². The lowest BCUT2D eigenvalue weighted by atomic mass is 9.84. The standard InChI is InChI=1S/C56H36/c1-3-13-37(14-4-1)44-32-34-51-54(35-44)56(42-16-5-2-6-17-42)50-22-12-11-21-49(50)55(51)43-29-25-39(26-30-43)38-23-27-41(28-24-38)52-36-53-45-18-8-7-15-40(45)31-33-48(53)46-19-9-10-20-47(46)52/h1-36H/i2D,5D,6D,16D,17D. The molecule has 0 fully saturated rings. The fourth-order valence-electron chi connectivity index (χ4n) is 8.72. The van der Waals surface area contributed by atoms with Gasteiger partial charge < -0.3 is 0 Å². The van der Waals surface area contributed by atoms with Gasteiger partial charge in [0.05, 0.1) is 6.85 Å². The molecule has 11 aromatic rings. The first kappa shape index (κ1) is 27.3. The summed E-state index contributed by atoms with van der Waals surface area (Å²) in [4.78, 5) is 0. The smallest absolute Gasteiger partial charge is 0.0622 e. The van der Waals surface area contributed by atoms with E-state index in [0.29, 0.717) is 5.56 Å². The second-order valence-electron chi connectivity index (χ2n) is 14.4. The summed E-state index contributed by atoms with van der Waals surface area (Å²) in [5, 5.41) is 11.0. The highest BCUT2D eigenvalue weighted by Gasteiger charge is 2.18. The Bertz CT molecular complexity index is 3530. The number of fused-ring (bicyclic) bond motifs is 7. The molecule has 0 heterocycles. The Morgan fingerprint density at radius 1 is 0.250 bits per heavy atom. The van der Waals surface area contributed by atoms with Crippen molar-refractivity contribution in [3.05, 3.63) is 218 Å². The van der Waals surface area contributed by atoms with Crippen molar-refractivity contribution < 1.29 is 6.85 Å². The van der Waals surface area contributed by atoms with Crippen LogP contribution in [0.1, 0.15) is 6.85 Å². The summed E-state index contributed by atoms with van der Waals surface area (Å²) in [6.45, 7) is 0. The van der Waals surface area contributed by atoms with Crippen molar-refractivity contribution in [2.75, 3.05) is 0 Å². The Morgan fingerprint density at radius 2 is 0.732 bits per heavy atom. The van der Waals surface area contributed by atoms with Gasteiger partial charge in [-0.2, -0.15) is 0 Å². The highest BCUT2D eigenvalue weighted by Crippen LogP contribution is 2.45. The van der Waals surface area contributed by atoms with Crippen molar-refractivity contribution in [3.63, 3.8) is 0 Å². The summed E-state index contributed by atoms with van der Waals surface area (Å²) in [6, 6.07) is 64.6. The van der Waals surface area contributed by atoms with Crippen LogP contribution in [-0.2, 0) is 0 Å². The third kappa shape index (κ3) is 5.30. The van der Waals surface area contributed by atoms with Gasteiger partial charge in [0, 0.05) is 0 Å². The van der Waals surface area contributed by atoms with Crippen molar-refractivity contribution >= 4 is 53.9 Å². The minimum Gasteiger partial charge on any atom is -0.0622 e. The number of benzene rings is 11. The largest absolute Gasteiger partial charge is 0.0629 e. The molecule has 0 nitrogen and oxygen atoms in total. The van der Waals surface area contributed by atoms with Gasteiger partial charge in [0.15, 0.2) is 0 Å². The molecule has 11 rings (SSSR count). The minimum absolute atomic E-state index is 0.202. The first-order valence-corrected chi connectivity index (χ1v) is 19.0. The van der Waals surface area contributed by atoms with Crippen LogP contribution in [0.2, 0.25) is 0 Å². The predicted molar refractivity (Wildman–Crippen MR) is 241 cm³/mol. The molecule has 0 aliphatic heterocycles. The molecule has 0 radical (unpaired) electrons. The summed E-state index contributed by atoms with van der Waals surface area (Å²) < 4.78 is 43.6. The lowest BCUT2D eigenvalue weighted by molar-refractivity contribution is 1.60. The van der Waals surface area contributed by atoms with Crippen molar-refractivity contribution in [3.8, 4) is 55.6 Å². The Labute approximate surface area is 333 Å². The Balaban J connectivity index is 1.05. The Morgan fingerprint density at radius 3 is 1.45 bits per heavy atom. The van der Waals surface area contributed by atoms with Crippen molar-refractivity contribution in [2.24, 2.45) is 0 Å². The lowest BCUT2D eigenvalue weighted by Crippen LogP contribution is -1.92. The zero-order valence-electron chi connectivity index (χ0n) is 35.4. The monoisotopic (exact) mass is 713 g/mol. The molecule has 0 aromatic heterocycles. The third-order valence-electron chi connectivity index (χ3n) is 11.4. The quantitative estimate of drug-likeness (QED) is 0.123. The van der Waals surface area contributed by atoms with Crippen LogP contribution < -0.4 is 0 Å². The molecule has 0 aliphatic rings. The summed E-state index contributed by atoms with van der Waals surface area (Å²) in [5.41, 5.74) is 9.48. The van der Waals surface area contributed by atoms with Crippen molar-refractivity contribution in [1.29, 1.82) is 0 Å². The van der Waals surface area contributed by atoms with E-state index in [1.54, 1.807) is 0 Å². The van der Waals surface area contributed by atoms with Crippen LogP contribution in [0.3, 0.4) is 0 Å². The third-order valence-corrected chi connectivity index (χ3v) is 11.4. The van der Waals surface area contributed by atoms with E-state index < -0.39 is 6.04 Å². The first-order chi connectivity index (χ1) is 29.9. The van der Waals surface area contributed by atoms with Crippen LogP contribution in [0, 0.1) is 0 Å². The van der Waals surface area contributed by atoms with Gasteiger partial charge in [0.2, 0.25) is 0 Å². The highest BCUT2D eigenvalue weighted by molar-refractivity contribution is 6.23. The zero-order chi connectivity index (χ0) is 41.4. The molecule has 0 spiro atoms. The molecule has 0 heteroatoms. The van der Waals surface area contributed by atoms with E-state index in [9.17, 15) is 0 Å². The molecule has 0 atom stereocenters. The first-order valence-electron chi connectivity index (χ1n) is 21.5. The minimum atomic E-state index is -0.403. The second-order valence-corrected chi connectivity index (χ2v) is 14.4. The fourth-order valence-corrected chi connectivity index (χ4v) is 8.72. The van der Waals surface area contributed by atoms with Gasteiger partial charge in [-0.05, 0) is 122 Å². The summed E-state index contributed by atoms with van der Waals surface area (Å²) in [7, 11) is 0. The van der Waals surface area contributed by atoms with Crippen LogP contribution >= 0.6 is 0 Å². The fraction of sp³-hybridized carbons (Fsp3) is 0. The molecule has 0 amide bonds. The summed E-state index contributed by atoms with van der Waals surface area (Å²) in [5.74, 6) is 0. The van der Waals surface area contributed by atoms with E-state index >= 15 is 0 Å². The molecule has 0 saturated heterocycles. The van der Waals surface area contributed by atoms with Crippen molar-refractivity contribution in [2.45, 2.75) is 0 Å². The average molecular weight is 714 g/mol. The second kappa shape index (κ2) is 13.2. The van der Waals surface area contributed by atoms with Crippen LogP contribution in [0.15, 0.2) is 218 Å². The lowest BCUT2D eigenvalue weighted by Gasteiger charge is -2.19. The normalized spacial score (nSPS) is 12.8. The number of rotatable bonds is 5. The molecule has 0 N–H and O–H groups in total. The zero-order valence-corrected chi connectivity index (χ0v) is 30.4. The van der Waals surface area contributed by atoms with Gasteiger partial charge in [-0.3, -0.25) is 0 Å². The molecule has 260 valence electrons. The van der Waals surface area contributed by atoms with Gasteiger partial charge in [-0.15, -0.1) is 0 Å². The van der Waals surface area contributed by atoms with E-state index in [1.807, 2.05) is 36.4 Å². The molecule has 0 bridgehead atoms. The van der Waals surface area contributed by atoms with E-state index in [4.69, 9.17) is 6.85 Å². The maximum Gasteiger partial charge on any atom is 0.0629 e. The predicted octanol–water partition coefficient (Wildman–Crippen LogP) is 15.8. The summed E-state index contributed by atoms with van der Waals surface area (Å²) >= 11 is 0. The number of hydrogen-bond acceptors (Lipinski definition) is 0. The molecular formula is C56H36. The topological polar surface area (TPSA) is 0 Å². The van der Waals surface area contributed by atoms with Gasteiger partial charge in [-0.1, -0.05) is 206 Å².